The molecule has 7 heteroatoms. The van der Waals surface area contributed by atoms with Crippen LogP contribution in [0.1, 0.15) is 29.7 Å². The minimum absolute atomic E-state index is 0. The van der Waals surface area contributed by atoms with Crippen molar-refractivity contribution >= 4 is 29.9 Å². The molecule has 0 saturated heterocycles. The van der Waals surface area contributed by atoms with Crippen LogP contribution in [0.25, 0.3) is 0 Å². The summed E-state index contributed by atoms with van der Waals surface area (Å²) in [4.78, 5) is 4.58. The highest BCUT2D eigenvalue weighted by atomic mass is 127. The van der Waals surface area contributed by atoms with Crippen molar-refractivity contribution in [3.63, 3.8) is 0 Å². The first-order chi connectivity index (χ1) is 13.1. The van der Waals surface area contributed by atoms with E-state index in [1.165, 1.54) is 5.56 Å². The number of ether oxygens (including phenoxy) is 2. The first kappa shape index (κ1) is 24.0. The van der Waals surface area contributed by atoms with Gasteiger partial charge in [0.25, 0.3) is 0 Å². The summed E-state index contributed by atoms with van der Waals surface area (Å²) in [6.45, 7) is 5.66. The number of guanidine groups is 1. The molecular formula is C21H30IN3O3. The number of benzene rings is 2. The third kappa shape index (κ3) is 7.20. The highest BCUT2D eigenvalue weighted by molar-refractivity contribution is 14.0. The van der Waals surface area contributed by atoms with Crippen molar-refractivity contribution in [2.45, 2.75) is 26.5 Å². The largest absolute Gasteiger partial charge is 0.497 e. The van der Waals surface area contributed by atoms with Gasteiger partial charge in [-0.2, -0.15) is 0 Å². The van der Waals surface area contributed by atoms with Gasteiger partial charge < -0.3 is 25.2 Å². The summed E-state index contributed by atoms with van der Waals surface area (Å²) in [5, 5.41) is 17.0. The molecule has 154 valence electrons. The van der Waals surface area contributed by atoms with Gasteiger partial charge in [0.15, 0.2) is 5.96 Å². The number of hydrogen-bond acceptors (Lipinski definition) is 4. The van der Waals surface area contributed by atoms with Crippen molar-refractivity contribution in [1.29, 1.82) is 0 Å². The van der Waals surface area contributed by atoms with Crippen molar-refractivity contribution in [3.8, 4) is 11.5 Å². The Morgan fingerprint density at radius 3 is 2.39 bits per heavy atom. The molecule has 2 aromatic rings. The number of aliphatic imine (C=N–C) groups is 1. The molecule has 0 amide bonds. The summed E-state index contributed by atoms with van der Waals surface area (Å²) in [6.07, 6.45) is -0.765. The van der Waals surface area contributed by atoms with Gasteiger partial charge in [0.2, 0.25) is 0 Å². The number of aliphatic hydroxyl groups excluding tert-OH is 1. The summed E-state index contributed by atoms with van der Waals surface area (Å²) < 4.78 is 10.6. The molecule has 0 aliphatic rings. The lowest BCUT2D eigenvalue weighted by Gasteiger charge is -2.18. The highest BCUT2D eigenvalue weighted by Gasteiger charge is 2.15. The number of aryl methyl sites for hydroxylation is 1. The number of halogens is 1. The van der Waals surface area contributed by atoms with Crippen molar-refractivity contribution in [2.24, 2.45) is 4.99 Å². The molecule has 0 radical (unpaired) electrons. The fourth-order valence-electron chi connectivity index (χ4n) is 2.61. The van der Waals surface area contributed by atoms with Crippen LogP contribution in [-0.2, 0) is 6.54 Å². The lowest BCUT2D eigenvalue weighted by atomic mass is 10.1. The molecule has 0 aliphatic heterocycles. The fraction of sp³-hybridized carbons (Fsp3) is 0.381. The van der Waals surface area contributed by atoms with E-state index in [-0.39, 0.29) is 24.0 Å². The van der Waals surface area contributed by atoms with Gasteiger partial charge in [-0.25, -0.2) is 4.99 Å². The maximum absolute atomic E-state index is 10.6. The van der Waals surface area contributed by atoms with E-state index in [0.29, 0.717) is 36.1 Å². The van der Waals surface area contributed by atoms with Crippen molar-refractivity contribution < 1.29 is 14.6 Å². The zero-order valence-corrected chi connectivity index (χ0v) is 19.2. The summed E-state index contributed by atoms with van der Waals surface area (Å²) in [5.41, 5.74) is 3.02. The number of nitrogens with zero attached hydrogens (tertiary/aromatic N) is 1. The third-order valence-corrected chi connectivity index (χ3v) is 4.14. The van der Waals surface area contributed by atoms with Crippen LogP contribution in [0.2, 0.25) is 0 Å². The summed E-state index contributed by atoms with van der Waals surface area (Å²) in [5.74, 6) is 1.94. The average molecular weight is 499 g/mol. The molecule has 1 unspecified atom stereocenters. The predicted molar refractivity (Wildman–Crippen MR) is 124 cm³/mol. The lowest BCUT2D eigenvalue weighted by Crippen LogP contribution is -2.39. The Bertz CT molecular complexity index is 751. The molecule has 6 nitrogen and oxygen atoms in total. The van der Waals surface area contributed by atoms with E-state index in [1.54, 1.807) is 32.4 Å². The van der Waals surface area contributed by atoms with E-state index in [4.69, 9.17) is 9.47 Å². The second kappa shape index (κ2) is 12.5. The lowest BCUT2D eigenvalue weighted by molar-refractivity contribution is 0.176. The second-order valence-corrected chi connectivity index (χ2v) is 6.19. The van der Waals surface area contributed by atoms with E-state index in [9.17, 15) is 5.11 Å². The maximum Gasteiger partial charge on any atom is 0.191 e. The zero-order valence-electron chi connectivity index (χ0n) is 16.9. The Balaban J connectivity index is 0.00000392. The van der Waals surface area contributed by atoms with E-state index in [0.717, 1.165) is 12.1 Å². The van der Waals surface area contributed by atoms with Gasteiger partial charge in [-0.15, -0.1) is 24.0 Å². The van der Waals surface area contributed by atoms with Gasteiger partial charge in [0, 0.05) is 18.7 Å². The van der Waals surface area contributed by atoms with Gasteiger partial charge in [0.05, 0.1) is 26.9 Å². The minimum atomic E-state index is -0.765. The van der Waals surface area contributed by atoms with Crippen LogP contribution in [0.3, 0.4) is 0 Å². The highest BCUT2D eigenvalue weighted by Crippen LogP contribution is 2.29. The minimum Gasteiger partial charge on any atom is -0.497 e. The molecule has 0 aromatic heterocycles. The van der Waals surface area contributed by atoms with Crippen LogP contribution in [0.4, 0.5) is 0 Å². The van der Waals surface area contributed by atoms with Gasteiger partial charge in [-0.3, -0.25) is 0 Å². The Labute approximate surface area is 184 Å². The van der Waals surface area contributed by atoms with Crippen LogP contribution in [0, 0.1) is 6.92 Å². The maximum atomic E-state index is 10.6. The summed E-state index contributed by atoms with van der Waals surface area (Å²) in [6, 6.07) is 13.6. The van der Waals surface area contributed by atoms with Crippen molar-refractivity contribution in [1.82, 2.24) is 10.6 Å². The molecule has 2 aromatic carbocycles. The smallest absolute Gasteiger partial charge is 0.191 e. The molecule has 0 bridgehead atoms. The third-order valence-electron chi connectivity index (χ3n) is 4.14. The summed E-state index contributed by atoms with van der Waals surface area (Å²) >= 11 is 0. The molecule has 0 aliphatic carbocycles. The molecule has 0 saturated carbocycles. The zero-order chi connectivity index (χ0) is 19.6. The van der Waals surface area contributed by atoms with Gasteiger partial charge in [-0.1, -0.05) is 29.8 Å². The Kier molecular flexibility index (Phi) is 10.7. The summed E-state index contributed by atoms with van der Waals surface area (Å²) in [7, 11) is 3.18. The Hall–Kier alpha value is -2.00. The standard InChI is InChI=1S/C21H29N3O3.HI/c1-5-22-21(23-13-16-8-6-15(2)7-9-16)24-14-19(25)18-12-17(26-3)10-11-20(18)27-4;/h6-12,19,25H,5,13-14H2,1-4H3,(H2,22,23,24);1H. The second-order valence-electron chi connectivity index (χ2n) is 6.19. The number of nitrogens with one attached hydrogen (secondary N) is 2. The van der Waals surface area contributed by atoms with E-state index >= 15 is 0 Å². The molecule has 0 spiro atoms. The van der Waals surface area contributed by atoms with E-state index < -0.39 is 6.10 Å². The van der Waals surface area contributed by atoms with Crippen LogP contribution < -0.4 is 20.1 Å². The molecule has 0 heterocycles. The average Bonchev–Trinajstić information content (AvgIpc) is 2.70. The number of aliphatic hydroxyl groups is 1. The molecular weight excluding hydrogens is 469 g/mol. The topological polar surface area (TPSA) is 75.1 Å². The van der Waals surface area contributed by atoms with Gasteiger partial charge >= 0.3 is 0 Å². The number of methoxy groups -OCH3 is 2. The van der Waals surface area contributed by atoms with Crippen LogP contribution in [0.5, 0.6) is 11.5 Å². The van der Waals surface area contributed by atoms with Crippen molar-refractivity contribution in [2.75, 3.05) is 27.3 Å². The van der Waals surface area contributed by atoms with E-state index in [1.807, 2.05) is 6.92 Å². The predicted octanol–water partition coefficient (Wildman–Crippen LogP) is 3.42. The SMILES string of the molecule is CCNC(=NCc1ccc(C)cc1)NCC(O)c1cc(OC)ccc1OC.I. The van der Waals surface area contributed by atoms with Crippen molar-refractivity contribution in [3.05, 3.63) is 59.2 Å². The monoisotopic (exact) mass is 499 g/mol. The van der Waals surface area contributed by atoms with Crippen LogP contribution in [0.15, 0.2) is 47.5 Å². The number of rotatable bonds is 8. The Morgan fingerprint density at radius 2 is 1.79 bits per heavy atom. The molecule has 28 heavy (non-hydrogen) atoms. The fourth-order valence-corrected chi connectivity index (χ4v) is 2.61. The van der Waals surface area contributed by atoms with Crippen LogP contribution >= 0.6 is 24.0 Å². The van der Waals surface area contributed by atoms with Gasteiger partial charge in [0.1, 0.15) is 11.5 Å². The number of hydrogen-bond donors (Lipinski definition) is 3. The normalized spacial score (nSPS) is 12.0. The molecule has 3 N–H and O–H groups in total. The van der Waals surface area contributed by atoms with Gasteiger partial charge in [-0.05, 0) is 37.6 Å². The van der Waals surface area contributed by atoms with Crippen LogP contribution in [-0.4, -0.2) is 38.4 Å². The Morgan fingerprint density at radius 1 is 1.07 bits per heavy atom. The first-order valence-corrected chi connectivity index (χ1v) is 9.05. The van der Waals surface area contributed by atoms with E-state index in [2.05, 4.69) is 46.8 Å². The molecule has 1 atom stereocenters. The molecule has 2 rings (SSSR count). The molecule has 0 fully saturated rings. The quantitative estimate of drug-likeness (QED) is 0.295. The first-order valence-electron chi connectivity index (χ1n) is 9.05.